The maximum atomic E-state index is 13.3. The molecule has 0 unspecified atom stereocenters. The molecule has 1 saturated carbocycles. The molecular formula is C24H21F9N2O3. The van der Waals surface area contributed by atoms with Crippen LogP contribution in [0.25, 0.3) is 0 Å². The molecule has 208 valence electrons. The summed E-state index contributed by atoms with van der Waals surface area (Å²) in [7, 11) is 0. The number of amides is 1. The number of carbonyl (C=O) groups is 1. The van der Waals surface area contributed by atoms with E-state index >= 15 is 0 Å². The number of rotatable bonds is 7. The zero-order valence-corrected chi connectivity index (χ0v) is 19.6. The number of nitrogens with zero attached hydrogens (tertiary/aromatic N) is 1. The second-order valence-corrected chi connectivity index (χ2v) is 9.20. The van der Waals surface area contributed by atoms with Crippen LogP contribution < -0.4 is 10.1 Å². The summed E-state index contributed by atoms with van der Waals surface area (Å²) in [6, 6.07) is 3.35. The molecular weight excluding hydrogens is 535 g/mol. The van der Waals surface area contributed by atoms with Crippen molar-refractivity contribution in [1.29, 1.82) is 0 Å². The summed E-state index contributed by atoms with van der Waals surface area (Å²) in [4.78, 5) is 13.7. The minimum atomic E-state index is -5.09. The van der Waals surface area contributed by atoms with Crippen molar-refractivity contribution in [3.63, 3.8) is 0 Å². The molecule has 14 heteroatoms. The van der Waals surface area contributed by atoms with Gasteiger partial charge in [0, 0.05) is 12.2 Å². The third-order valence-electron chi connectivity index (χ3n) is 6.26. The molecule has 1 saturated heterocycles. The van der Waals surface area contributed by atoms with Gasteiger partial charge in [-0.3, -0.25) is 4.90 Å². The van der Waals surface area contributed by atoms with Crippen LogP contribution in [-0.2, 0) is 23.6 Å². The van der Waals surface area contributed by atoms with Crippen LogP contribution in [0.5, 0.6) is 5.75 Å². The Morgan fingerprint density at radius 3 is 2.08 bits per heavy atom. The zero-order valence-electron chi connectivity index (χ0n) is 19.6. The lowest BCUT2D eigenvalue weighted by Crippen LogP contribution is -2.32. The molecule has 5 nitrogen and oxygen atoms in total. The van der Waals surface area contributed by atoms with Gasteiger partial charge in [-0.25, -0.2) is 4.79 Å². The van der Waals surface area contributed by atoms with Gasteiger partial charge in [-0.05, 0) is 73.2 Å². The summed E-state index contributed by atoms with van der Waals surface area (Å²) in [5.41, 5.74) is -3.05. The first-order valence-corrected chi connectivity index (χ1v) is 11.4. The molecule has 0 spiro atoms. The molecule has 1 aliphatic heterocycles. The SMILES string of the molecule is C[C@H]1[C@@H](c2cc(C(F)(F)F)cc(C(F)(F)F)c2)OC(=O)N1Cc1cc(OC(F)(F)F)ccc1NCC1CC1. The predicted molar refractivity (Wildman–Crippen MR) is 115 cm³/mol. The molecule has 1 N–H and O–H groups in total. The molecule has 4 rings (SSSR count). The molecule has 0 aromatic heterocycles. The van der Waals surface area contributed by atoms with Gasteiger partial charge >= 0.3 is 24.8 Å². The van der Waals surface area contributed by atoms with E-state index in [2.05, 4.69) is 10.1 Å². The van der Waals surface area contributed by atoms with Crippen molar-refractivity contribution in [2.24, 2.45) is 5.92 Å². The van der Waals surface area contributed by atoms with Crippen LogP contribution >= 0.6 is 0 Å². The van der Waals surface area contributed by atoms with E-state index in [1.165, 1.54) is 13.0 Å². The molecule has 0 radical (unpaired) electrons. The fourth-order valence-electron chi connectivity index (χ4n) is 4.13. The molecule has 0 bridgehead atoms. The van der Waals surface area contributed by atoms with Crippen molar-refractivity contribution in [3.05, 3.63) is 58.7 Å². The van der Waals surface area contributed by atoms with E-state index in [9.17, 15) is 44.3 Å². The highest BCUT2D eigenvalue weighted by molar-refractivity contribution is 5.72. The first-order chi connectivity index (χ1) is 17.5. The van der Waals surface area contributed by atoms with Gasteiger partial charge in [-0.15, -0.1) is 13.2 Å². The van der Waals surface area contributed by atoms with Gasteiger partial charge in [0.05, 0.1) is 23.7 Å². The Balaban J connectivity index is 1.63. The number of cyclic esters (lactones) is 1. The van der Waals surface area contributed by atoms with Crippen molar-refractivity contribution in [2.75, 3.05) is 11.9 Å². The molecule has 1 aliphatic carbocycles. The Labute approximate surface area is 210 Å². The molecule has 2 fully saturated rings. The number of nitrogens with one attached hydrogen (secondary N) is 1. The highest BCUT2D eigenvalue weighted by atomic mass is 19.4. The van der Waals surface area contributed by atoms with Gasteiger partial charge in [-0.1, -0.05) is 0 Å². The quantitative estimate of drug-likeness (QED) is 0.359. The van der Waals surface area contributed by atoms with Crippen LogP contribution in [0.4, 0.5) is 50.0 Å². The summed E-state index contributed by atoms with van der Waals surface area (Å²) < 4.78 is 127. The molecule has 38 heavy (non-hydrogen) atoms. The van der Waals surface area contributed by atoms with Crippen molar-refractivity contribution in [3.8, 4) is 5.75 Å². The lowest BCUT2D eigenvalue weighted by atomic mass is 9.97. The van der Waals surface area contributed by atoms with Crippen LogP contribution in [0.15, 0.2) is 36.4 Å². The predicted octanol–water partition coefficient (Wildman–Crippen LogP) is 7.53. The molecule has 2 atom stereocenters. The number of alkyl halides is 9. The summed E-state index contributed by atoms with van der Waals surface area (Å²) in [5, 5.41) is 3.09. The average Bonchev–Trinajstić information content (AvgIpc) is 3.57. The second-order valence-electron chi connectivity index (χ2n) is 9.20. The van der Waals surface area contributed by atoms with E-state index in [4.69, 9.17) is 4.74 Å². The summed E-state index contributed by atoms with van der Waals surface area (Å²) >= 11 is 0. The highest BCUT2D eigenvalue weighted by Gasteiger charge is 2.43. The molecule has 1 amide bonds. The number of halogens is 9. The normalized spacial score (nSPS) is 20.5. The van der Waals surface area contributed by atoms with Crippen LogP contribution in [0.2, 0.25) is 0 Å². The second kappa shape index (κ2) is 9.77. The van der Waals surface area contributed by atoms with Crippen molar-refractivity contribution >= 4 is 11.8 Å². The summed E-state index contributed by atoms with van der Waals surface area (Å²) in [5.74, 6) is -0.174. The van der Waals surface area contributed by atoms with Crippen LogP contribution in [-0.4, -0.2) is 29.9 Å². The average molecular weight is 556 g/mol. The van der Waals surface area contributed by atoms with E-state index in [1.54, 1.807) is 0 Å². The minimum Gasteiger partial charge on any atom is -0.439 e. The summed E-state index contributed by atoms with van der Waals surface area (Å²) in [6.45, 7) is 1.54. The Bertz CT molecular complexity index is 1160. The fourth-order valence-corrected chi connectivity index (χ4v) is 4.13. The van der Waals surface area contributed by atoms with Gasteiger partial charge < -0.3 is 14.8 Å². The Kier molecular flexibility index (Phi) is 7.12. The maximum absolute atomic E-state index is 13.3. The zero-order chi connectivity index (χ0) is 28.0. The summed E-state index contributed by atoms with van der Waals surface area (Å²) in [6.07, 6.45) is -15.8. The Hall–Kier alpha value is -3.32. The molecule has 2 aromatic rings. The largest absolute Gasteiger partial charge is 0.573 e. The number of ether oxygens (including phenoxy) is 2. The number of hydrogen-bond donors (Lipinski definition) is 1. The van der Waals surface area contributed by atoms with Gasteiger partial charge in [0.2, 0.25) is 0 Å². The van der Waals surface area contributed by atoms with E-state index in [-0.39, 0.29) is 18.2 Å². The number of benzene rings is 2. The smallest absolute Gasteiger partial charge is 0.439 e. The third-order valence-corrected chi connectivity index (χ3v) is 6.26. The third kappa shape index (κ3) is 6.57. The van der Waals surface area contributed by atoms with Gasteiger partial charge in [0.1, 0.15) is 11.9 Å². The van der Waals surface area contributed by atoms with E-state index in [1.807, 2.05) is 0 Å². The van der Waals surface area contributed by atoms with Crippen LogP contribution in [0.1, 0.15) is 48.1 Å². The van der Waals surface area contributed by atoms with Crippen LogP contribution in [0, 0.1) is 5.92 Å². The lowest BCUT2D eigenvalue weighted by molar-refractivity contribution is -0.274. The fraction of sp³-hybridized carbons (Fsp3) is 0.458. The topological polar surface area (TPSA) is 50.8 Å². The number of carbonyl (C=O) groups excluding carboxylic acids is 1. The van der Waals surface area contributed by atoms with Gasteiger partial charge in [-0.2, -0.15) is 26.3 Å². The van der Waals surface area contributed by atoms with E-state index < -0.39 is 59.4 Å². The van der Waals surface area contributed by atoms with E-state index in [0.29, 0.717) is 30.3 Å². The first-order valence-electron chi connectivity index (χ1n) is 11.4. The molecule has 1 heterocycles. The van der Waals surface area contributed by atoms with Gasteiger partial charge in [0.25, 0.3) is 0 Å². The number of hydrogen-bond acceptors (Lipinski definition) is 4. The Morgan fingerprint density at radius 1 is 0.947 bits per heavy atom. The van der Waals surface area contributed by atoms with Crippen LogP contribution in [0.3, 0.4) is 0 Å². The van der Waals surface area contributed by atoms with E-state index in [0.717, 1.165) is 29.9 Å². The number of anilines is 1. The Morgan fingerprint density at radius 2 is 1.55 bits per heavy atom. The van der Waals surface area contributed by atoms with Crippen molar-refractivity contribution in [1.82, 2.24) is 4.90 Å². The molecule has 2 aromatic carbocycles. The first kappa shape index (κ1) is 27.7. The van der Waals surface area contributed by atoms with Crippen molar-refractivity contribution < 1.29 is 53.8 Å². The highest BCUT2D eigenvalue weighted by Crippen LogP contribution is 2.41. The molecule has 2 aliphatic rings. The minimum absolute atomic E-state index is 0.0350. The standard InChI is InChI=1S/C24H21F9N2O3/c1-12-20(14-6-16(22(25,26)27)9-17(7-14)23(28,29)30)37-21(36)35(12)11-15-8-18(38-24(31,32)33)4-5-19(15)34-10-13-2-3-13/h4-9,12-13,20,34H,2-3,10-11H2,1H3/t12-,20-/m0/s1. The monoisotopic (exact) mass is 556 g/mol. The lowest BCUT2D eigenvalue weighted by Gasteiger charge is -2.24. The maximum Gasteiger partial charge on any atom is 0.573 e. The van der Waals surface area contributed by atoms with Gasteiger partial charge in [0.15, 0.2) is 0 Å². The van der Waals surface area contributed by atoms with Crippen molar-refractivity contribution in [2.45, 2.75) is 57.2 Å².